The van der Waals surface area contributed by atoms with E-state index >= 15 is 0 Å². The SMILES string of the molecule is COc1ccccc1.[Cl][SnH]([Cl])[Cl]. The number of para-hydroxylation sites is 1. The van der Waals surface area contributed by atoms with Gasteiger partial charge in [0.15, 0.2) is 0 Å². The number of rotatable bonds is 1. The van der Waals surface area contributed by atoms with Crippen molar-refractivity contribution in [3.05, 3.63) is 30.3 Å². The van der Waals surface area contributed by atoms with Crippen LogP contribution in [0.1, 0.15) is 0 Å². The molecule has 0 spiro atoms. The summed E-state index contributed by atoms with van der Waals surface area (Å²) in [4.78, 5) is 0. The van der Waals surface area contributed by atoms with E-state index in [1.165, 1.54) is 0 Å². The topological polar surface area (TPSA) is 9.23 Å². The standard InChI is InChI=1S/C7H8O.3ClH.Sn.H/c1-8-7-5-3-2-4-6-7;;;;;/h2-6H,1H3;3*1H;;/q;;;;+3;/p-3. The van der Waals surface area contributed by atoms with Gasteiger partial charge in [-0.25, -0.2) is 0 Å². The molecule has 0 saturated carbocycles. The minimum absolute atomic E-state index is 0.910. The monoisotopic (exact) mass is 334 g/mol. The Morgan fingerprint density at radius 3 is 1.75 bits per heavy atom. The van der Waals surface area contributed by atoms with Crippen molar-refractivity contribution in [2.24, 2.45) is 0 Å². The second-order valence-electron chi connectivity index (χ2n) is 1.76. The third-order valence-electron chi connectivity index (χ3n) is 0.979. The average Bonchev–Trinajstić information content (AvgIpc) is 2.05. The molecule has 1 rings (SSSR count). The summed E-state index contributed by atoms with van der Waals surface area (Å²) < 4.78 is 4.91. The van der Waals surface area contributed by atoms with E-state index in [-0.39, 0.29) is 0 Å². The first kappa shape index (κ1) is 12.7. The van der Waals surface area contributed by atoms with Crippen LogP contribution in [0.5, 0.6) is 5.75 Å². The van der Waals surface area contributed by atoms with Gasteiger partial charge in [0.2, 0.25) is 0 Å². The van der Waals surface area contributed by atoms with Gasteiger partial charge in [-0.2, -0.15) is 0 Å². The summed E-state index contributed by atoms with van der Waals surface area (Å²) in [6.07, 6.45) is 0. The quantitative estimate of drug-likeness (QED) is 0.717. The van der Waals surface area contributed by atoms with Gasteiger partial charge in [-0.05, 0) is 12.1 Å². The molecule has 0 aliphatic rings. The third-order valence-corrected chi connectivity index (χ3v) is 0.979. The van der Waals surface area contributed by atoms with E-state index in [4.69, 9.17) is 31.5 Å². The maximum absolute atomic E-state index is 5.02. The Morgan fingerprint density at radius 1 is 1.08 bits per heavy atom. The molecule has 0 bridgehead atoms. The molecule has 0 atom stereocenters. The van der Waals surface area contributed by atoms with Gasteiger partial charge in [0, 0.05) is 0 Å². The van der Waals surface area contributed by atoms with Gasteiger partial charge in [0.25, 0.3) is 0 Å². The van der Waals surface area contributed by atoms with Crippen LogP contribution in [-0.4, -0.2) is 23.5 Å². The summed E-state index contributed by atoms with van der Waals surface area (Å²) >= 11 is -2.22. The van der Waals surface area contributed by atoms with Crippen LogP contribution in [0.15, 0.2) is 30.3 Å². The van der Waals surface area contributed by atoms with Gasteiger partial charge in [-0.1, -0.05) is 18.2 Å². The van der Waals surface area contributed by atoms with Gasteiger partial charge < -0.3 is 4.74 Å². The molecule has 12 heavy (non-hydrogen) atoms. The van der Waals surface area contributed by atoms with Crippen LogP contribution in [0.2, 0.25) is 0 Å². The van der Waals surface area contributed by atoms with Crippen molar-refractivity contribution in [1.29, 1.82) is 0 Å². The van der Waals surface area contributed by atoms with Crippen molar-refractivity contribution in [3.63, 3.8) is 0 Å². The van der Waals surface area contributed by atoms with Gasteiger partial charge in [0.05, 0.1) is 7.11 Å². The minimum atomic E-state index is -2.22. The molecule has 1 nitrogen and oxygen atoms in total. The Bertz CT molecular complexity index is 190. The van der Waals surface area contributed by atoms with E-state index in [9.17, 15) is 0 Å². The predicted molar refractivity (Wildman–Crippen MR) is 57.7 cm³/mol. The molecule has 0 aliphatic heterocycles. The van der Waals surface area contributed by atoms with Gasteiger partial charge in [-0.15, -0.1) is 0 Å². The van der Waals surface area contributed by atoms with Crippen LogP contribution in [0, 0.1) is 0 Å². The van der Waals surface area contributed by atoms with Gasteiger partial charge in [0.1, 0.15) is 5.75 Å². The fraction of sp³-hybridized carbons (Fsp3) is 0.143. The number of methoxy groups -OCH3 is 1. The Morgan fingerprint density at radius 2 is 1.50 bits per heavy atom. The summed E-state index contributed by atoms with van der Waals surface area (Å²) in [5.41, 5.74) is 0. The molecule has 0 radical (unpaired) electrons. The van der Waals surface area contributed by atoms with Gasteiger partial charge in [-0.3, -0.25) is 0 Å². The number of benzene rings is 1. The summed E-state index contributed by atoms with van der Waals surface area (Å²) in [5, 5.41) is 0. The van der Waals surface area contributed by atoms with E-state index in [1.807, 2.05) is 30.3 Å². The second kappa shape index (κ2) is 8.29. The van der Waals surface area contributed by atoms with E-state index in [0.29, 0.717) is 0 Å². The Hall–Kier alpha value is 0.689. The maximum atomic E-state index is 5.02. The normalized spacial score (nSPS) is 8.75. The van der Waals surface area contributed by atoms with Crippen LogP contribution >= 0.6 is 26.8 Å². The number of halogens is 3. The molecule has 0 unspecified atom stereocenters. The number of hydrogen-bond donors (Lipinski definition) is 0. The molecular formula is C7H9Cl3OSn. The molecule has 0 fully saturated rings. The van der Waals surface area contributed by atoms with E-state index < -0.39 is 16.4 Å². The van der Waals surface area contributed by atoms with Crippen LogP contribution < -0.4 is 4.74 Å². The second-order valence-corrected chi connectivity index (χ2v) is 16.5. The fourth-order valence-electron chi connectivity index (χ4n) is 0.557. The summed E-state index contributed by atoms with van der Waals surface area (Å²) in [6.45, 7) is 0. The fourth-order valence-corrected chi connectivity index (χ4v) is 0.557. The van der Waals surface area contributed by atoms with Crippen molar-refractivity contribution in [3.8, 4) is 5.75 Å². The molecule has 0 heterocycles. The predicted octanol–water partition coefficient (Wildman–Crippen LogP) is 3.12. The van der Waals surface area contributed by atoms with E-state index in [2.05, 4.69) is 0 Å². The zero-order chi connectivity index (χ0) is 9.40. The Balaban J connectivity index is 0.000000261. The Labute approximate surface area is 90.5 Å². The van der Waals surface area contributed by atoms with Crippen molar-refractivity contribution < 1.29 is 4.74 Å². The zero-order valence-electron chi connectivity index (χ0n) is 6.51. The number of ether oxygens (including phenoxy) is 1. The summed E-state index contributed by atoms with van der Waals surface area (Å²) in [5.74, 6) is 0.910. The van der Waals surface area contributed by atoms with Crippen molar-refractivity contribution in [1.82, 2.24) is 0 Å². The Kier molecular flexibility index (Phi) is 8.77. The first-order valence-corrected chi connectivity index (χ1v) is 15.7. The molecule has 0 aliphatic carbocycles. The molecule has 1 aromatic carbocycles. The zero-order valence-corrected chi connectivity index (χ0v) is 12.1. The molecule has 0 aromatic heterocycles. The summed E-state index contributed by atoms with van der Waals surface area (Å²) in [6, 6.07) is 9.68. The molecule has 0 N–H and O–H groups in total. The first-order valence-electron chi connectivity index (χ1n) is 3.18. The van der Waals surface area contributed by atoms with Gasteiger partial charge >= 0.3 is 43.1 Å². The summed E-state index contributed by atoms with van der Waals surface area (Å²) in [7, 11) is 16.7. The van der Waals surface area contributed by atoms with Crippen LogP contribution in [0.25, 0.3) is 0 Å². The molecule has 68 valence electrons. The number of hydrogen-bond acceptors (Lipinski definition) is 1. The van der Waals surface area contributed by atoms with E-state index in [0.717, 1.165) is 5.75 Å². The molecule has 1 aromatic rings. The average molecular weight is 334 g/mol. The van der Waals surface area contributed by atoms with Crippen molar-refractivity contribution in [2.45, 2.75) is 0 Å². The molecular weight excluding hydrogens is 325 g/mol. The van der Waals surface area contributed by atoms with Crippen LogP contribution in [0.3, 0.4) is 0 Å². The molecule has 0 saturated heterocycles. The van der Waals surface area contributed by atoms with Crippen molar-refractivity contribution in [2.75, 3.05) is 7.11 Å². The molecule has 5 heteroatoms. The van der Waals surface area contributed by atoms with Crippen LogP contribution in [-0.2, 0) is 0 Å². The van der Waals surface area contributed by atoms with E-state index in [1.54, 1.807) is 7.11 Å². The van der Waals surface area contributed by atoms with Crippen molar-refractivity contribution >= 4 is 43.1 Å². The first-order chi connectivity index (χ1) is 5.66. The van der Waals surface area contributed by atoms with Crippen LogP contribution in [0.4, 0.5) is 0 Å². The third kappa shape index (κ3) is 8.78. The molecule has 0 amide bonds.